The molecular formula is C26H34N4O2. The third-order valence-corrected chi connectivity index (χ3v) is 5.29. The van der Waals surface area contributed by atoms with Gasteiger partial charge in [-0.15, -0.1) is 0 Å². The summed E-state index contributed by atoms with van der Waals surface area (Å²) in [6.07, 6.45) is 0.830. The van der Waals surface area contributed by atoms with Gasteiger partial charge in [0.2, 0.25) is 0 Å². The quantitative estimate of drug-likeness (QED) is 0.418. The number of unbranched alkanes of at least 4 members (excludes halogenated alkanes) is 1. The highest BCUT2D eigenvalue weighted by Crippen LogP contribution is 2.11. The molecule has 2 rings (SSSR count). The zero-order chi connectivity index (χ0) is 23.0. The molecule has 6 heteroatoms. The van der Waals surface area contributed by atoms with E-state index in [1.165, 1.54) is 11.1 Å². The van der Waals surface area contributed by atoms with E-state index in [2.05, 4.69) is 34.1 Å². The number of rotatable bonds is 15. The Morgan fingerprint density at radius 2 is 1.03 bits per heavy atom. The van der Waals surface area contributed by atoms with Crippen molar-refractivity contribution < 1.29 is 10.2 Å². The first-order valence-electron chi connectivity index (χ1n) is 11.2. The van der Waals surface area contributed by atoms with Crippen LogP contribution in [0.15, 0.2) is 60.7 Å². The topological polar surface area (TPSA) is 94.5 Å². The molecule has 0 aliphatic carbocycles. The zero-order valence-corrected chi connectivity index (χ0v) is 18.7. The van der Waals surface area contributed by atoms with E-state index in [-0.39, 0.29) is 12.8 Å². The van der Waals surface area contributed by atoms with Crippen LogP contribution >= 0.6 is 0 Å². The van der Waals surface area contributed by atoms with Crippen LogP contribution in [0.2, 0.25) is 0 Å². The molecule has 32 heavy (non-hydrogen) atoms. The molecule has 6 nitrogen and oxygen atoms in total. The lowest BCUT2D eigenvalue weighted by atomic mass is 10.1. The number of aliphatic hydroxyl groups is 2. The predicted octanol–water partition coefficient (Wildman–Crippen LogP) is 3.32. The van der Waals surface area contributed by atoms with Gasteiger partial charge in [-0.25, -0.2) is 0 Å². The smallest absolute Gasteiger partial charge is 0.0796 e. The zero-order valence-electron chi connectivity index (χ0n) is 18.7. The van der Waals surface area contributed by atoms with Crippen molar-refractivity contribution >= 4 is 0 Å². The number of nitriles is 2. The Bertz CT molecular complexity index is 761. The largest absolute Gasteiger partial charge is 0.391 e. The number of aliphatic hydroxyl groups excluding tert-OH is 2. The highest BCUT2D eigenvalue weighted by molar-refractivity contribution is 5.15. The van der Waals surface area contributed by atoms with Gasteiger partial charge in [0.05, 0.1) is 37.2 Å². The molecule has 0 saturated carbocycles. The monoisotopic (exact) mass is 434 g/mol. The van der Waals surface area contributed by atoms with E-state index in [1.807, 2.05) is 48.5 Å². The van der Waals surface area contributed by atoms with Gasteiger partial charge in [-0.1, -0.05) is 60.7 Å². The minimum absolute atomic E-state index is 0.132. The second kappa shape index (κ2) is 15.1. The Hall–Kier alpha value is -2.74. The van der Waals surface area contributed by atoms with Crippen LogP contribution in [-0.2, 0) is 13.1 Å². The summed E-state index contributed by atoms with van der Waals surface area (Å²) < 4.78 is 0. The van der Waals surface area contributed by atoms with Crippen molar-refractivity contribution in [3.05, 3.63) is 71.8 Å². The number of hydrogen-bond acceptors (Lipinski definition) is 6. The summed E-state index contributed by atoms with van der Waals surface area (Å²) in [7, 11) is 0. The molecule has 2 aromatic carbocycles. The molecular weight excluding hydrogens is 400 g/mol. The van der Waals surface area contributed by atoms with Gasteiger partial charge in [-0.3, -0.25) is 9.80 Å². The highest BCUT2D eigenvalue weighted by Gasteiger charge is 2.14. The van der Waals surface area contributed by atoms with E-state index in [1.54, 1.807) is 0 Å². The normalized spacial score (nSPS) is 12.9. The van der Waals surface area contributed by atoms with Crippen molar-refractivity contribution in [3.8, 4) is 12.1 Å². The second-order valence-electron chi connectivity index (χ2n) is 8.18. The first-order valence-corrected chi connectivity index (χ1v) is 11.2. The van der Waals surface area contributed by atoms with Crippen molar-refractivity contribution in [2.24, 2.45) is 0 Å². The molecule has 0 aromatic heterocycles. The van der Waals surface area contributed by atoms with Crippen molar-refractivity contribution in [2.75, 3.05) is 26.2 Å². The fourth-order valence-corrected chi connectivity index (χ4v) is 3.76. The molecule has 0 saturated heterocycles. The molecule has 0 bridgehead atoms. The molecule has 170 valence electrons. The Kier molecular flexibility index (Phi) is 12.1. The first-order chi connectivity index (χ1) is 15.6. The maximum Gasteiger partial charge on any atom is 0.0796 e. The third kappa shape index (κ3) is 10.5. The second-order valence-corrected chi connectivity index (χ2v) is 8.18. The van der Waals surface area contributed by atoms with Gasteiger partial charge in [0.25, 0.3) is 0 Å². The number of nitrogens with zero attached hydrogens (tertiary/aromatic N) is 4. The molecule has 2 atom stereocenters. The fourth-order valence-electron chi connectivity index (χ4n) is 3.76. The van der Waals surface area contributed by atoms with Crippen LogP contribution in [0.25, 0.3) is 0 Å². The van der Waals surface area contributed by atoms with Gasteiger partial charge in [-0.2, -0.15) is 10.5 Å². The molecule has 2 unspecified atom stereocenters. The van der Waals surface area contributed by atoms with Gasteiger partial charge < -0.3 is 10.2 Å². The number of hydrogen-bond donors (Lipinski definition) is 2. The van der Waals surface area contributed by atoms with Gasteiger partial charge in [0, 0.05) is 26.2 Å². The molecule has 0 heterocycles. The van der Waals surface area contributed by atoms with E-state index in [4.69, 9.17) is 10.5 Å². The van der Waals surface area contributed by atoms with E-state index < -0.39 is 12.2 Å². The van der Waals surface area contributed by atoms with E-state index in [0.717, 1.165) is 39.0 Å². The lowest BCUT2D eigenvalue weighted by Crippen LogP contribution is -2.34. The van der Waals surface area contributed by atoms with Gasteiger partial charge in [-0.05, 0) is 37.1 Å². The van der Waals surface area contributed by atoms with Crippen LogP contribution in [-0.4, -0.2) is 58.4 Å². The minimum Gasteiger partial charge on any atom is -0.391 e. The summed E-state index contributed by atoms with van der Waals surface area (Å²) in [5.74, 6) is 0. The lowest BCUT2D eigenvalue weighted by molar-refractivity contribution is 0.102. The Morgan fingerprint density at radius 1 is 0.656 bits per heavy atom. The van der Waals surface area contributed by atoms with Crippen LogP contribution in [0.1, 0.15) is 36.8 Å². The summed E-state index contributed by atoms with van der Waals surface area (Å²) in [5, 5.41) is 38.0. The van der Waals surface area contributed by atoms with Crippen LogP contribution < -0.4 is 0 Å². The molecule has 2 N–H and O–H groups in total. The molecule has 0 aliphatic rings. The molecule has 0 radical (unpaired) electrons. The van der Waals surface area contributed by atoms with Crippen LogP contribution in [0.4, 0.5) is 0 Å². The first kappa shape index (κ1) is 25.5. The maximum atomic E-state index is 10.1. The number of benzene rings is 2. The molecule has 2 aromatic rings. The van der Waals surface area contributed by atoms with Crippen LogP contribution in [0, 0.1) is 22.7 Å². The van der Waals surface area contributed by atoms with Crippen molar-refractivity contribution in [3.63, 3.8) is 0 Å². The molecule has 0 fully saturated rings. The standard InChI is InChI=1S/C26H34N4O2/c27-15-13-25(31)21-29(19-23-9-3-1-4-10-23)17-7-8-18-30(22-26(32)14-16-28)20-24-11-5-2-6-12-24/h1-6,9-12,25-26,31-32H,7-8,13-14,17-22H2. The molecule has 0 aliphatic heterocycles. The van der Waals surface area contributed by atoms with Crippen LogP contribution in [0.5, 0.6) is 0 Å². The summed E-state index contributed by atoms with van der Waals surface area (Å²) in [4.78, 5) is 4.40. The molecule has 0 amide bonds. The Labute approximate surface area is 191 Å². The van der Waals surface area contributed by atoms with Crippen molar-refractivity contribution in [2.45, 2.75) is 51.0 Å². The molecule has 0 spiro atoms. The average molecular weight is 435 g/mol. The van der Waals surface area contributed by atoms with Crippen molar-refractivity contribution in [1.29, 1.82) is 10.5 Å². The Balaban J connectivity index is 1.89. The Morgan fingerprint density at radius 3 is 1.38 bits per heavy atom. The fraction of sp³-hybridized carbons (Fsp3) is 0.462. The van der Waals surface area contributed by atoms with E-state index in [9.17, 15) is 10.2 Å². The summed E-state index contributed by atoms with van der Waals surface area (Å²) in [6, 6.07) is 24.4. The highest BCUT2D eigenvalue weighted by atomic mass is 16.3. The SMILES string of the molecule is N#CCC(O)CN(CCCCN(Cc1ccccc1)CC(O)CC#N)Cc1ccccc1. The van der Waals surface area contributed by atoms with Gasteiger partial charge in [0.15, 0.2) is 0 Å². The maximum absolute atomic E-state index is 10.1. The average Bonchev–Trinajstić information content (AvgIpc) is 2.78. The third-order valence-electron chi connectivity index (χ3n) is 5.29. The predicted molar refractivity (Wildman–Crippen MR) is 125 cm³/mol. The van der Waals surface area contributed by atoms with Crippen molar-refractivity contribution in [1.82, 2.24) is 9.80 Å². The summed E-state index contributed by atoms with van der Waals surface area (Å²) in [5.41, 5.74) is 2.36. The minimum atomic E-state index is -0.653. The van der Waals surface area contributed by atoms with E-state index in [0.29, 0.717) is 13.1 Å². The van der Waals surface area contributed by atoms with E-state index >= 15 is 0 Å². The van der Waals surface area contributed by atoms with Gasteiger partial charge >= 0.3 is 0 Å². The van der Waals surface area contributed by atoms with Crippen LogP contribution in [0.3, 0.4) is 0 Å². The summed E-state index contributed by atoms with van der Waals surface area (Å²) >= 11 is 0. The van der Waals surface area contributed by atoms with Gasteiger partial charge in [0.1, 0.15) is 0 Å². The lowest BCUT2D eigenvalue weighted by Gasteiger charge is -2.27. The summed E-state index contributed by atoms with van der Waals surface area (Å²) in [6.45, 7) is 4.04.